The van der Waals surface area contributed by atoms with E-state index in [2.05, 4.69) is 6.58 Å². The van der Waals surface area contributed by atoms with Crippen LogP contribution < -0.4 is 0 Å². The van der Waals surface area contributed by atoms with Gasteiger partial charge in [0.25, 0.3) is 0 Å². The summed E-state index contributed by atoms with van der Waals surface area (Å²) in [5.74, 6) is -0.515. The highest BCUT2D eigenvalue weighted by Crippen LogP contribution is 2.07. The molecule has 0 radical (unpaired) electrons. The largest absolute Gasteiger partial charge is 0.215 e. The van der Waals surface area contributed by atoms with Crippen LogP contribution in [0.5, 0.6) is 0 Å². The molecule has 0 heterocycles. The molecule has 0 aliphatic rings. The van der Waals surface area contributed by atoms with E-state index in [0.717, 1.165) is 24.5 Å². The molecule has 0 nitrogen and oxygen atoms in total. The van der Waals surface area contributed by atoms with Crippen molar-refractivity contribution in [2.75, 3.05) is 0 Å². The Bertz CT molecular complexity index is 190. The van der Waals surface area contributed by atoms with E-state index in [4.69, 9.17) is 0 Å². The molecule has 0 aromatic rings. The maximum Gasteiger partial charge on any atom is 0.121 e. The highest BCUT2D eigenvalue weighted by molar-refractivity contribution is 5.08. The van der Waals surface area contributed by atoms with Crippen LogP contribution >= 0.6 is 0 Å². The minimum Gasteiger partial charge on any atom is -0.215 e. The Kier molecular flexibility index (Phi) is 6.25. The van der Waals surface area contributed by atoms with Crippen molar-refractivity contribution in [1.82, 2.24) is 0 Å². The lowest BCUT2D eigenvalue weighted by atomic mass is 10.1. The topological polar surface area (TPSA) is 0 Å². The summed E-state index contributed by atoms with van der Waals surface area (Å²) in [5.41, 5.74) is 1.09. The Morgan fingerprint density at radius 3 is 2.67 bits per heavy atom. The van der Waals surface area contributed by atoms with Crippen LogP contribution in [0.2, 0.25) is 0 Å². The number of hydrogen-bond donors (Lipinski definition) is 0. The zero-order chi connectivity index (χ0) is 9.40. The third-order valence-electron chi connectivity index (χ3n) is 1.37. The van der Waals surface area contributed by atoms with Gasteiger partial charge in [0.2, 0.25) is 0 Å². The molecule has 0 aromatic carbocycles. The van der Waals surface area contributed by atoms with Crippen LogP contribution in [0.15, 0.2) is 36.5 Å². The molecular weight excluding hydrogens is 158 g/mol. The molecule has 0 N–H and O–H groups in total. The lowest BCUT2D eigenvalue weighted by Crippen LogP contribution is -1.75. The van der Waals surface area contributed by atoms with Gasteiger partial charge in [0.1, 0.15) is 5.83 Å². The molecule has 0 aromatic heterocycles. The van der Waals surface area contributed by atoms with Gasteiger partial charge in [-0.25, -0.2) is 8.78 Å². The predicted octanol–water partition coefficient (Wildman–Crippen LogP) is 4.07. The molecule has 0 aliphatic carbocycles. The molecule has 0 atom stereocenters. The third-order valence-corrected chi connectivity index (χ3v) is 1.37. The van der Waals surface area contributed by atoms with Crippen molar-refractivity contribution in [3.8, 4) is 0 Å². The van der Waals surface area contributed by atoms with Crippen LogP contribution in [0, 0.1) is 0 Å². The summed E-state index contributed by atoms with van der Waals surface area (Å²) in [6, 6.07) is 0. The standard InChI is InChI=1S/C10H14F2/c1-9(2)5-3-4-6-10(12)7-8-11/h6-8H,1,3-5H2,2H3. The molecule has 12 heavy (non-hydrogen) atoms. The van der Waals surface area contributed by atoms with Crippen molar-refractivity contribution >= 4 is 0 Å². The van der Waals surface area contributed by atoms with E-state index in [1.54, 1.807) is 0 Å². The van der Waals surface area contributed by atoms with Gasteiger partial charge in [0.15, 0.2) is 0 Å². The molecule has 0 spiro atoms. The van der Waals surface area contributed by atoms with Gasteiger partial charge in [-0.2, -0.15) is 0 Å². The Labute approximate surface area is 72.3 Å². The summed E-state index contributed by atoms with van der Waals surface area (Å²) in [7, 11) is 0. The summed E-state index contributed by atoms with van der Waals surface area (Å²) in [6.45, 7) is 5.65. The van der Waals surface area contributed by atoms with E-state index in [0.29, 0.717) is 6.42 Å². The summed E-state index contributed by atoms with van der Waals surface area (Å²) in [6.07, 6.45) is 4.76. The second kappa shape index (κ2) is 6.77. The average Bonchev–Trinajstić information content (AvgIpc) is 1.98. The minimum atomic E-state index is -0.515. The van der Waals surface area contributed by atoms with Crippen LogP contribution in [-0.4, -0.2) is 0 Å². The minimum absolute atomic E-state index is 0.199. The molecule has 0 aliphatic heterocycles. The summed E-state index contributed by atoms with van der Waals surface area (Å²) in [4.78, 5) is 0. The van der Waals surface area contributed by atoms with Gasteiger partial charge in [0, 0.05) is 6.08 Å². The van der Waals surface area contributed by atoms with Crippen molar-refractivity contribution in [3.63, 3.8) is 0 Å². The van der Waals surface area contributed by atoms with Gasteiger partial charge >= 0.3 is 0 Å². The van der Waals surface area contributed by atoms with Crippen molar-refractivity contribution < 1.29 is 8.78 Å². The molecule has 68 valence electrons. The lowest BCUT2D eigenvalue weighted by Gasteiger charge is -1.94. The molecule has 2 heteroatoms. The maximum atomic E-state index is 12.4. The second-order valence-corrected chi connectivity index (χ2v) is 2.73. The molecule has 0 amide bonds. The number of unbranched alkanes of at least 4 members (excludes halogenated alkanes) is 1. The summed E-state index contributed by atoms with van der Waals surface area (Å²) >= 11 is 0. The highest BCUT2D eigenvalue weighted by atomic mass is 19.1. The van der Waals surface area contributed by atoms with Crippen molar-refractivity contribution in [2.45, 2.75) is 26.2 Å². The van der Waals surface area contributed by atoms with Gasteiger partial charge in [0.05, 0.1) is 6.33 Å². The zero-order valence-corrected chi connectivity index (χ0v) is 7.32. The van der Waals surface area contributed by atoms with Gasteiger partial charge in [-0.05, 0) is 32.3 Å². The van der Waals surface area contributed by atoms with Crippen LogP contribution in [0.1, 0.15) is 26.2 Å². The second-order valence-electron chi connectivity index (χ2n) is 2.73. The Balaban J connectivity index is 3.53. The fourth-order valence-corrected chi connectivity index (χ4v) is 0.772. The quantitative estimate of drug-likeness (QED) is 0.333. The van der Waals surface area contributed by atoms with E-state index >= 15 is 0 Å². The Morgan fingerprint density at radius 1 is 1.50 bits per heavy atom. The van der Waals surface area contributed by atoms with Gasteiger partial charge in [-0.3, -0.25) is 0 Å². The molecule has 0 rings (SSSR count). The molecule has 0 bridgehead atoms. The van der Waals surface area contributed by atoms with E-state index in [1.165, 1.54) is 6.08 Å². The number of rotatable bonds is 5. The first kappa shape index (κ1) is 11.1. The van der Waals surface area contributed by atoms with E-state index < -0.39 is 5.83 Å². The monoisotopic (exact) mass is 172 g/mol. The molecular formula is C10H14F2. The summed E-state index contributed by atoms with van der Waals surface area (Å²) < 4.78 is 23.8. The molecule has 0 unspecified atom stereocenters. The van der Waals surface area contributed by atoms with Crippen molar-refractivity contribution in [2.24, 2.45) is 0 Å². The van der Waals surface area contributed by atoms with Gasteiger partial charge < -0.3 is 0 Å². The fourth-order valence-electron chi connectivity index (χ4n) is 0.772. The average molecular weight is 172 g/mol. The van der Waals surface area contributed by atoms with E-state index in [9.17, 15) is 8.78 Å². The SMILES string of the molecule is C=C(C)CCCC=C(F)C=CF. The lowest BCUT2D eigenvalue weighted by molar-refractivity contribution is 0.642. The normalized spacial score (nSPS) is 12.4. The summed E-state index contributed by atoms with van der Waals surface area (Å²) in [5, 5.41) is 0. The van der Waals surface area contributed by atoms with E-state index in [-0.39, 0.29) is 6.33 Å². The first-order valence-electron chi connectivity index (χ1n) is 3.93. The number of halogens is 2. The van der Waals surface area contributed by atoms with Crippen molar-refractivity contribution in [3.05, 3.63) is 36.5 Å². The Hall–Kier alpha value is -0.920. The van der Waals surface area contributed by atoms with E-state index in [1.807, 2.05) is 6.92 Å². The van der Waals surface area contributed by atoms with Crippen LogP contribution in [0.4, 0.5) is 8.78 Å². The van der Waals surface area contributed by atoms with Crippen LogP contribution in [0.25, 0.3) is 0 Å². The first-order valence-corrected chi connectivity index (χ1v) is 3.93. The van der Waals surface area contributed by atoms with Crippen LogP contribution in [0.3, 0.4) is 0 Å². The molecule has 0 saturated carbocycles. The molecule has 0 saturated heterocycles. The van der Waals surface area contributed by atoms with Crippen molar-refractivity contribution in [1.29, 1.82) is 0 Å². The number of allylic oxidation sites excluding steroid dienone is 4. The maximum absolute atomic E-state index is 12.4. The zero-order valence-electron chi connectivity index (χ0n) is 7.32. The third kappa shape index (κ3) is 7.19. The Morgan fingerprint density at radius 2 is 2.17 bits per heavy atom. The van der Waals surface area contributed by atoms with Crippen LogP contribution in [-0.2, 0) is 0 Å². The predicted molar refractivity (Wildman–Crippen MR) is 48.1 cm³/mol. The fraction of sp³-hybridized carbons (Fsp3) is 0.400. The highest BCUT2D eigenvalue weighted by Gasteiger charge is 1.89. The van der Waals surface area contributed by atoms with Gasteiger partial charge in [-0.1, -0.05) is 5.57 Å². The first-order chi connectivity index (χ1) is 5.66. The van der Waals surface area contributed by atoms with Gasteiger partial charge in [-0.15, -0.1) is 6.58 Å². The molecule has 0 fully saturated rings. The smallest absolute Gasteiger partial charge is 0.121 e. The number of hydrogen-bond acceptors (Lipinski definition) is 0.